The quantitative estimate of drug-likeness (QED) is 0.515. The first-order valence-corrected chi connectivity index (χ1v) is 9.45. The first kappa shape index (κ1) is 19.0. The molecule has 3 aromatic rings. The van der Waals surface area contributed by atoms with Crippen molar-refractivity contribution in [2.24, 2.45) is 0 Å². The van der Waals surface area contributed by atoms with Crippen molar-refractivity contribution in [3.8, 4) is 0 Å². The third kappa shape index (κ3) is 4.31. The lowest BCUT2D eigenvalue weighted by atomic mass is 10.1. The first-order chi connectivity index (χ1) is 12.8. The maximum absolute atomic E-state index is 12.3. The van der Waals surface area contributed by atoms with Crippen LogP contribution in [0.3, 0.4) is 0 Å². The summed E-state index contributed by atoms with van der Waals surface area (Å²) in [6, 6.07) is 8.80. The van der Waals surface area contributed by atoms with Crippen molar-refractivity contribution < 1.29 is 14.3 Å². The summed E-state index contributed by atoms with van der Waals surface area (Å²) in [6.07, 6.45) is -0.644. The van der Waals surface area contributed by atoms with Crippen molar-refractivity contribution in [1.82, 2.24) is 9.97 Å². The average Bonchev–Trinajstić information content (AvgIpc) is 2.98. The zero-order chi connectivity index (χ0) is 19.6. The van der Waals surface area contributed by atoms with E-state index in [0.29, 0.717) is 16.5 Å². The molecule has 1 unspecified atom stereocenters. The van der Waals surface area contributed by atoms with Gasteiger partial charge in [-0.05, 0) is 39.0 Å². The number of carbonyl (C=O) groups excluding carboxylic acids is 2. The number of Topliss-reactive ketones (excluding diaryl/α,β-unsaturated/α-hetero) is 1. The van der Waals surface area contributed by atoms with E-state index in [2.05, 4.69) is 9.97 Å². The van der Waals surface area contributed by atoms with E-state index in [0.717, 1.165) is 9.75 Å². The van der Waals surface area contributed by atoms with Gasteiger partial charge in [-0.3, -0.25) is 14.4 Å². The molecule has 0 saturated carbocycles. The second kappa shape index (κ2) is 7.84. The first-order valence-electron chi connectivity index (χ1n) is 8.64. The van der Waals surface area contributed by atoms with Gasteiger partial charge >= 0.3 is 5.97 Å². The summed E-state index contributed by atoms with van der Waals surface area (Å²) in [6.45, 7) is 5.48. The van der Waals surface area contributed by atoms with Crippen LogP contribution in [-0.4, -0.2) is 21.7 Å². The number of rotatable bonds is 6. The van der Waals surface area contributed by atoms with Crippen molar-refractivity contribution >= 4 is 34.0 Å². The minimum atomic E-state index is -0.713. The molecule has 0 aliphatic carbocycles. The van der Waals surface area contributed by atoms with Gasteiger partial charge in [-0.15, -0.1) is 11.3 Å². The van der Waals surface area contributed by atoms with Crippen LogP contribution >= 0.6 is 11.3 Å². The van der Waals surface area contributed by atoms with Crippen LogP contribution in [0.1, 0.15) is 51.8 Å². The fraction of sp³-hybridized carbons (Fsp3) is 0.300. The number of nitrogens with zero attached hydrogens (tertiary/aromatic N) is 1. The number of thiophene rings is 1. The number of carbonyl (C=O) groups is 2. The molecule has 1 aromatic carbocycles. The maximum Gasteiger partial charge on any atom is 0.306 e. The lowest BCUT2D eigenvalue weighted by molar-refractivity contribution is -0.148. The van der Waals surface area contributed by atoms with E-state index < -0.39 is 12.1 Å². The van der Waals surface area contributed by atoms with Crippen LogP contribution in [-0.2, 0) is 9.53 Å². The number of hydrogen-bond donors (Lipinski definition) is 1. The average molecular weight is 384 g/mol. The van der Waals surface area contributed by atoms with Crippen LogP contribution in [0, 0.1) is 13.8 Å². The fourth-order valence-electron chi connectivity index (χ4n) is 2.87. The minimum Gasteiger partial charge on any atom is -0.454 e. The van der Waals surface area contributed by atoms with Gasteiger partial charge in [-0.1, -0.05) is 12.1 Å². The highest BCUT2D eigenvalue weighted by molar-refractivity contribution is 7.12. The number of ether oxygens (including phenoxy) is 1. The lowest BCUT2D eigenvalue weighted by Gasteiger charge is -2.13. The molecule has 0 bridgehead atoms. The topological polar surface area (TPSA) is 89.1 Å². The normalized spacial score (nSPS) is 12.1. The number of fused-ring (bicyclic) bond motifs is 1. The molecule has 2 heterocycles. The van der Waals surface area contributed by atoms with Gasteiger partial charge in [-0.25, -0.2) is 4.98 Å². The maximum atomic E-state index is 12.3. The Morgan fingerprint density at radius 2 is 1.96 bits per heavy atom. The molecule has 0 aliphatic rings. The summed E-state index contributed by atoms with van der Waals surface area (Å²) in [4.78, 5) is 45.5. The Labute approximate surface area is 160 Å². The molecule has 27 heavy (non-hydrogen) atoms. The van der Waals surface area contributed by atoms with Crippen LogP contribution in [0.25, 0.3) is 10.9 Å². The molecule has 0 radical (unpaired) electrons. The number of aryl methyl sites for hydroxylation is 2. The van der Waals surface area contributed by atoms with Crippen LogP contribution < -0.4 is 5.56 Å². The molecule has 0 fully saturated rings. The summed E-state index contributed by atoms with van der Waals surface area (Å²) < 4.78 is 5.34. The molecular weight excluding hydrogens is 364 g/mol. The van der Waals surface area contributed by atoms with Gasteiger partial charge < -0.3 is 9.72 Å². The van der Waals surface area contributed by atoms with E-state index in [1.54, 1.807) is 42.5 Å². The molecule has 0 spiro atoms. The highest BCUT2D eigenvalue weighted by Crippen LogP contribution is 2.22. The number of ketones is 1. The minimum absolute atomic E-state index is 0.0185. The van der Waals surface area contributed by atoms with Crippen LogP contribution in [0.5, 0.6) is 0 Å². The Morgan fingerprint density at radius 3 is 2.67 bits per heavy atom. The van der Waals surface area contributed by atoms with Crippen molar-refractivity contribution in [3.05, 3.63) is 61.8 Å². The summed E-state index contributed by atoms with van der Waals surface area (Å²) >= 11 is 1.56. The van der Waals surface area contributed by atoms with Gasteiger partial charge in [0.05, 0.1) is 17.3 Å². The van der Waals surface area contributed by atoms with Gasteiger partial charge in [0, 0.05) is 21.7 Å². The smallest absolute Gasteiger partial charge is 0.306 e. The van der Waals surface area contributed by atoms with Gasteiger partial charge in [0.15, 0.2) is 17.7 Å². The summed E-state index contributed by atoms with van der Waals surface area (Å²) in [5.74, 6) is -0.294. The molecule has 0 aliphatic heterocycles. The summed E-state index contributed by atoms with van der Waals surface area (Å²) in [7, 11) is 0. The Morgan fingerprint density at radius 1 is 1.22 bits per heavy atom. The molecule has 0 saturated heterocycles. The number of H-pyrrole nitrogens is 1. The van der Waals surface area contributed by atoms with Crippen molar-refractivity contribution in [3.63, 3.8) is 0 Å². The molecular formula is C20H20N2O4S. The Bertz CT molecular complexity index is 1070. The van der Waals surface area contributed by atoms with E-state index in [1.807, 2.05) is 19.9 Å². The van der Waals surface area contributed by atoms with Gasteiger partial charge in [-0.2, -0.15) is 0 Å². The van der Waals surface area contributed by atoms with E-state index in [1.165, 1.54) is 0 Å². The molecule has 140 valence electrons. The molecule has 3 rings (SSSR count). The highest BCUT2D eigenvalue weighted by atomic mass is 32.1. The van der Waals surface area contributed by atoms with Crippen molar-refractivity contribution in [2.45, 2.75) is 39.7 Å². The highest BCUT2D eigenvalue weighted by Gasteiger charge is 2.18. The Balaban J connectivity index is 1.63. The van der Waals surface area contributed by atoms with E-state index in [-0.39, 0.29) is 30.0 Å². The predicted octanol–water partition coefficient (Wildman–Crippen LogP) is 3.87. The van der Waals surface area contributed by atoms with Gasteiger partial charge in [0.25, 0.3) is 5.56 Å². The zero-order valence-electron chi connectivity index (χ0n) is 15.4. The van der Waals surface area contributed by atoms with Crippen molar-refractivity contribution in [1.29, 1.82) is 0 Å². The number of aromatic nitrogens is 2. The monoisotopic (exact) mass is 384 g/mol. The third-order valence-electron chi connectivity index (χ3n) is 4.22. The Hall–Kier alpha value is -2.80. The number of aromatic amines is 1. The van der Waals surface area contributed by atoms with E-state index in [9.17, 15) is 14.4 Å². The number of nitrogens with one attached hydrogen (secondary N) is 1. The van der Waals surface area contributed by atoms with Gasteiger partial charge in [0.2, 0.25) is 0 Å². The Kier molecular flexibility index (Phi) is 5.51. The number of hydrogen-bond acceptors (Lipinski definition) is 6. The zero-order valence-corrected chi connectivity index (χ0v) is 16.2. The molecule has 7 heteroatoms. The van der Waals surface area contributed by atoms with Crippen LogP contribution in [0.2, 0.25) is 0 Å². The molecule has 1 atom stereocenters. The van der Waals surface area contributed by atoms with Crippen LogP contribution in [0.4, 0.5) is 0 Å². The standard InChI is InChI=1S/C20H20N2O4S/c1-11-10-15(13(3)27-11)17(23)8-9-18(24)26-12(2)19-21-16-7-5-4-6-14(16)20(25)22-19/h4-7,10,12H,8-9H2,1-3H3,(H,21,22,25). The third-order valence-corrected chi connectivity index (χ3v) is 5.19. The van der Waals surface area contributed by atoms with E-state index in [4.69, 9.17) is 4.74 Å². The van der Waals surface area contributed by atoms with Gasteiger partial charge in [0.1, 0.15) is 0 Å². The fourth-order valence-corrected chi connectivity index (χ4v) is 3.81. The second-order valence-electron chi connectivity index (χ2n) is 6.35. The van der Waals surface area contributed by atoms with E-state index >= 15 is 0 Å². The number of para-hydroxylation sites is 1. The summed E-state index contributed by atoms with van der Waals surface area (Å²) in [5, 5.41) is 0.479. The summed E-state index contributed by atoms with van der Waals surface area (Å²) in [5.41, 5.74) is 0.925. The molecule has 6 nitrogen and oxygen atoms in total. The molecule has 2 aromatic heterocycles. The predicted molar refractivity (Wildman–Crippen MR) is 104 cm³/mol. The second-order valence-corrected chi connectivity index (χ2v) is 7.81. The lowest BCUT2D eigenvalue weighted by Crippen LogP contribution is -2.17. The molecule has 0 amide bonds. The molecule has 1 N–H and O–H groups in total. The van der Waals surface area contributed by atoms with Crippen LogP contribution in [0.15, 0.2) is 35.1 Å². The number of benzene rings is 1. The number of esters is 1. The van der Waals surface area contributed by atoms with Crippen molar-refractivity contribution in [2.75, 3.05) is 0 Å². The SMILES string of the molecule is Cc1cc(C(=O)CCC(=O)OC(C)c2nc3ccccc3c(=O)[nH]2)c(C)s1. The largest absolute Gasteiger partial charge is 0.454 e.